The second-order valence-corrected chi connectivity index (χ2v) is 13.1. The fraction of sp³-hybridized carbons (Fsp3) is 0.217. The Hall–Kier alpha value is -5.84. The summed E-state index contributed by atoms with van der Waals surface area (Å²) in [6.45, 7) is 4.49. The van der Waals surface area contributed by atoms with Gasteiger partial charge in [0.15, 0.2) is 0 Å². The van der Waals surface area contributed by atoms with E-state index < -0.39 is 0 Å². The monoisotopic (exact) mass is 650 g/mol. The van der Waals surface area contributed by atoms with Crippen molar-refractivity contribution in [2.75, 3.05) is 0 Å². The maximum absolute atomic E-state index is 5.74. The first-order valence-corrected chi connectivity index (χ1v) is 17.9. The molecule has 0 atom stereocenters. The van der Waals surface area contributed by atoms with Crippen molar-refractivity contribution in [2.24, 2.45) is 0 Å². The van der Waals surface area contributed by atoms with Crippen LogP contribution in [0.2, 0.25) is 0 Å². The van der Waals surface area contributed by atoms with Gasteiger partial charge >= 0.3 is 0 Å². The Kier molecular flexibility index (Phi) is 9.63. The smallest absolute Gasteiger partial charge is 0.0737 e. The van der Waals surface area contributed by atoms with Gasteiger partial charge in [-0.25, -0.2) is 9.97 Å². The van der Waals surface area contributed by atoms with Crippen LogP contribution in [0.4, 0.5) is 0 Å². The Morgan fingerprint density at radius 1 is 0.480 bits per heavy atom. The highest BCUT2D eigenvalue weighted by molar-refractivity contribution is 5.95. The molecule has 2 aromatic carbocycles. The number of terminal acetylenes is 2. The number of benzene rings is 2. The predicted molar refractivity (Wildman–Crippen MR) is 212 cm³/mol. The number of rotatable bonds is 10. The highest BCUT2D eigenvalue weighted by atomic mass is 14.8. The Labute approximate surface area is 295 Å². The first-order valence-electron chi connectivity index (χ1n) is 17.9. The molecule has 4 nitrogen and oxygen atoms in total. The highest BCUT2D eigenvalue weighted by Crippen LogP contribution is 2.35. The summed E-state index contributed by atoms with van der Waals surface area (Å²) in [5.74, 6) is 5.52. The van der Waals surface area contributed by atoms with Crippen molar-refractivity contribution in [3.8, 4) is 46.9 Å². The number of unbranched alkanes of at least 4 members (excludes halogenated alkanes) is 4. The Morgan fingerprint density at radius 2 is 0.880 bits per heavy atom. The summed E-state index contributed by atoms with van der Waals surface area (Å²) < 4.78 is 0. The maximum Gasteiger partial charge on any atom is 0.0737 e. The summed E-state index contributed by atoms with van der Waals surface area (Å²) in [6, 6.07) is 25.2. The summed E-state index contributed by atoms with van der Waals surface area (Å²) in [7, 11) is 0. The first kappa shape index (κ1) is 32.7. The van der Waals surface area contributed by atoms with Crippen molar-refractivity contribution in [2.45, 2.75) is 65.2 Å². The summed E-state index contributed by atoms with van der Waals surface area (Å²) in [5.41, 5.74) is 16.4. The summed E-state index contributed by atoms with van der Waals surface area (Å²) in [4.78, 5) is 18.4. The SMILES string of the molecule is C#Cc1ccc(-c2c3nc(c(CCCCC)c4ccc([nH]4)c(-c4ccc(C#C)cc4)c4ccc([nH]4)c(CCCCC)c4nc2C=C4)C=C3)cc1. The number of hydrogen-bond donors (Lipinski definition) is 2. The van der Waals surface area contributed by atoms with E-state index in [1.807, 2.05) is 24.3 Å². The van der Waals surface area contributed by atoms with E-state index >= 15 is 0 Å². The lowest BCUT2D eigenvalue weighted by molar-refractivity contribution is 0.717. The van der Waals surface area contributed by atoms with Crippen LogP contribution in [0.3, 0.4) is 0 Å². The molecule has 2 N–H and O–H groups in total. The van der Waals surface area contributed by atoms with Gasteiger partial charge in [0.2, 0.25) is 0 Å². The zero-order valence-corrected chi connectivity index (χ0v) is 28.9. The van der Waals surface area contributed by atoms with Crippen molar-refractivity contribution in [3.63, 3.8) is 0 Å². The molecule has 0 saturated heterocycles. The molecule has 7 rings (SSSR count). The zero-order chi connectivity index (χ0) is 34.5. The molecule has 0 fully saturated rings. The van der Waals surface area contributed by atoms with E-state index in [-0.39, 0.29) is 0 Å². The van der Waals surface area contributed by atoms with Crippen molar-refractivity contribution in [1.82, 2.24) is 19.9 Å². The normalized spacial score (nSPS) is 11.8. The molecule has 246 valence electrons. The average Bonchev–Trinajstić information content (AvgIpc) is 3.99. The van der Waals surface area contributed by atoms with Crippen LogP contribution in [-0.2, 0) is 12.8 Å². The molecule has 2 aliphatic rings. The minimum absolute atomic E-state index is 0.848. The second kappa shape index (κ2) is 14.7. The molecule has 4 heteroatoms. The van der Waals surface area contributed by atoms with Crippen molar-refractivity contribution in [3.05, 3.63) is 118 Å². The predicted octanol–water partition coefficient (Wildman–Crippen LogP) is 11.4. The third kappa shape index (κ3) is 6.58. The minimum atomic E-state index is 0.848. The molecular weight excluding hydrogens is 609 g/mol. The lowest BCUT2D eigenvalue weighted by Gasteiger charge is -2.07. The van der Waals surface area contributed by atoms with E-state index in [9.17, 15) is 0 Å². The summed E-state index contributed by atoms with van der Waals surface area (Å²) in [5, 5.41) is 0. The van der Waals surface area contributed by atoms with Gasteiger partial charge in [0.1, 0.15) is 0 Å². The average molecular weight is 651 g/mol. The third-order valence-corrected chi connectivity index (χ3v) is 9.71. The third-order valence-electron chi connectivity index (χ3n) is 9.71. The number of fused-ring (bicyclic) bond motifs is 8. The van der Waals surface area contributed by atoms with E-state index in [1.54, 1.807) is 0 Å². The van der Waals surface area contributed by atoms with Gasteiger partial charge in [0.05, 0.1) is 22.8 Å². The lowest BCUT2D eigenvalue weighted by atomic mass is 10.0. The largest absolute Gasteiger partial charge is 0.355 e. The number of nitrogens with zero attached hydrogens (tertiary/aromatic N) is 2. The Bertz CT molecular complexity index is 2240. The van der Waals surface area contributed by atoms with E-state index in [0.29, 0.717) is 0 Å². The summed E-state index contributed by atoms with van der Waals surface area (Å²) >= 11 is 0. The van der Waals surface area contributed by atoms with Crippen LogP contribution in [0.15, 0.2) is 72.8 Å². The van der Waals surface area contributed by atoms with Crippen molar-refractivity contribution >= 4 is 46.4 Å². The van der Waals surface area contributed by atoms with Crippen LogP contribution in [0, 0.1) is 24.7 Å². The molecule has 0 radical (unpaired) electrons. The number of nitrogens with one attached hydrogen (secondary N) is 2. The van der Waals surface area contributed by atoms with Gasteiger partial charge in [0, 0.05) is 55.4 Å². The summed E-state index contributed by atoms with van der Waals surface area (Å²) in [6.07, 6.45) is 28.7. The van der Waals surface area contributed by atoms with Gasteiger partial charge in [-0.2, -0.15) is 0 Å². The molecule has 2 aliphatic heterocycles. The number of aromatic nitrogens is 4. The van der Waals surface area contributed by atoms with Gasteiger partial charge in [-0.15, -0.1) is 12.8 Å². The van der Waals surface area contributed by atoms with E-state index in [0.717, 1.165) is 130 Å². The molecule has 3 aromatic heterocycles. The quantitative estimate of drug-likeness (QED) is 0.114. The molecule has 0 aliphatic carbocycles. The number of hydrogen-bond acceptors (Lipinski definition) is 2. The van der Waals surface area contributed by atoms with Crippen molar-refractivity contribution in [1.29, 1.82) is 0 Å². The highest BCUT2D eigenvalue weighted by Gasteiger charge is 2.18. The minimum Gasteiger partial charge on any atom is -0.355 e. The van der Waals surface area contributed by atoms with Gasteiger partial charge in [0.25, 0.3) is 0 Å². The number of aryl methyl sites for hydroxylation is 2. The molecule has 0 amide bonds. The van der Waals surface area contributed by atoms with E-state index in [1.165, 1.54) is 11.1 Å². The fourth-order valence-electron chi connectivity index (χ4n) is 7.03. The zero-order valence-electron chi connectivity index (χ0n) is 28.9. The Balaban J connectivity index is 1.59. The van der Waals surface area contributed by atoms with Crippen LogP contribution in [0.1, 0.15) is 97.4 Å². The molecule has 0 saturated carbocycles. The lowest BCUT2D eigenvalue weighted by Crippen LogP contribution is -1.94. The van der Waals surface area contributed by atoms with Crippen molar-refractivity contribution < 1.29 is 0 Å². The van der Waals surface area contributed by atoms with Crippen LogP contribution in [0.5, 0.6) is 0 Å². The van der Waals surface area contributed by atoms with Crippen LogP contribution < -0.4 is 0 Å². The van der Waals surface area contributed by atoms with E-state index in [4.69, 9.17) is 22.8 Å². The first-order chi connectivity index (χ1) is 24.6. The molecule has 5 aromatic rings. The number of aromatic amines is 2. The molecule has 50 heavy (non-hydrogen) atoms. The van der Waals surface area contributed by atoms with Gasteiger partial charge in [-0.05, 0) is 110 Å². The topological polar surface area (TPSA) is 57.4 Å². The fourth-order valence-corrected chi connectivity index (χ4v) is 7.03. The van der Waals surface area contributed by atoms with E-state index in [2.05, 4.69) is 108 Å². The number of H-pyrrole nitrogens is 2. The van der Waals surface area contributed by atoms with Gasteiger partial charge in [-0.3, -0.25) is 0 Å². The Morgan fingerprint density at radius 3 is 1.30 bits per heavy atom. The van der Waals surface area contributed by atoms with Crippen LogP contribution >= 0.6 is 0 Å². The molecule has 8 bridgehead atoms. The molecule has 0 spiro atoms. The van der Waals surface area contributed by atoms with Crippen LogP contribution in [0.25, 0.3) is 68.6 Å². The maximum atomic E-state index is 5.74. The molecule has 0 unspecified atom stereocenters. The second-order valence-electron chi connectivity index (χ2n) is 13.1. The molecular formula is C46H42N4. The van der Waals surface area contributed by atoms with Gasteiger partial charge in [-0.1, -0.05) is 75.6 Å². The standard InChI is InChI=1S/C46H42N4/c1-5-9-11-13-35-37-23-27-41(47-37)45(33-19-15-31(7-3)16-20-33)43-29-25-39(49-43)36(14-12-10-6-2)40-26-30-44(50-40)46(42-28-24-38(35)48-42)34-21-17-32(8-4)18-22-34/h3-4,15-30,47,49H,5-6,9-14H2,1-2H3. The van der Waals surface area contributed by atoms with Crippen LogP contribution in [-0.4, -0.2) is 19.9 Å². The molecule has 5 heterocycles. The van der Waals surface area contributed by atoms with Gasteiger partial charge < -0.3 is 9.97 Å².